The van der Waals surface area contributed by atoms with Gasteiger partial charge in [-0.2, -0.15) is 0 Å². The molecule has 0 aromatic rings. The van der Waals surface area contributed by atoms with E-state index in [2.05, 4.69) is 21.6 Å². The van der Waals surface area contributed by atoms with Gasteiger partial charge in [-0.3, -0.25) is 9.59 Å². The Morgan fingerprint density at radius 2 is 1.62 bits per heavy atom. The summed E-state index contributed by atoms with van der Waals surface area (Å²) >= 11 is 0. The average Bonchev–Trinajstić information content (AvgIpc) is 2.84. The van der Waals surface area contributed by atoms with Crippen molar-refractivity contribution in [2.24, 2.45) is 17.8 Å². The number of hydrogen-bond acceptors (Lipinski definition) is 4. The molecule has 5 aliphatic rings. The van der Waals surface area contributed by atoms with Crippen LogP contribution in [0.15, 0.2) is 0 Å². The molecule has 5 rings (SSSR count). The monoisotopic (exact) mass is 445 g/mol. The number of carbonyl (C=O) groups is 3. The van der Waals surface area contributed by atoms with Crippen LogP contribution in [-0.4, -0.2) is 114 Å². The zero-order valence-corrected chi connectivity index (χ0v) is 19.6. The summed E-state index contributed by atoms with van der Waals surface area (Å²) in [4.78, 5) is 49.3. The number of hydrogen-bond donors (Lipinski definition) is 0. The molecule has 0 aromatic carbocycles. The second kappa shape index (κ2) is 9.20. The third kappa shape index (κ3) is 4.22. The fourth-order valence-electron chi connectivity index (χ4n) is 6.83. The van der Waals surface area contributed by atoms with E-state index in [1.54, 1.807) is 0 Å². The summed E-state index contributed by atoms with van der Waals surface area (Å²) in [5.41, 5.74) is 0. The Hall–Kier alpha value is -1.83. The van der Waals surface area contributed by atoms with Crippen molar-refractivity contribution in [2.75, 3.05) is 65.4 Å². The van der Waals surface area contributed by atoms with Gasteiger partial charge in [0.15, 0.2) is 0 Å². The van der Waals surface area contributed by atoms with E-state index in [1.807, 2.05) is 9.80 Å². The van der Waals surface area contributed by atoms with Crippen LogP contribution in [0.5, 0.6) is 0 Å². The minimum Gasteiger partial charge on any atom is -0.340 e. The molecule has 8 nitrogen and oxygen atoms in total. The molecular weight excluding hydrogens is 406 g/mol. The van der Waals surface area contributed by atoms with E-state index in [0.717, 1.165) is 84.5 Å². The van der Waals surface area contributed by atoms with Crippen molar-refractivity contribution < 1.29 is 14.4 Å². The van der Waals surface area contributed by atoms with Crippen LogP contribution in [0.1, 0.15) is 45.4 Å². The lowest BCUT2D eigenvalue weighted by molar-refractivity contribution is -0.144. The van der Waals surface area contributed by atoms with Crippen molar-refractivity contribution >= 4 is 17.8 Å². The molecule has 32 heavy (non-hydrogen) atoms. The minimum atomic E-state index is 0.0646. The zero-order chi connectivity index (χ0) is 22.2. The first-order valence-corrected chi connectivity index (χ1v) is 12.9. The smallest absolute Gasteiger partial charge is 0.320 e. The molecule has 0 N–H and O–H groups in total. The highest BCUT2D eigenvalue weighted by Crippen LogP contribution is 2.38. The van der Waals surface area contributed by atoms with E-state index in [-0.39, 0.29) is 11.9 Å². The van der Waals surface area contributed by atoms with Gasteiger partial charge in [-0.1, -0.05) is 6.92 Å². The number of piperidine rings is 4. The molecule has 178 valence electrons. The van der Waals surface area contributed by atoms with Gasteiger partial charge < -0.3 is 24.5 Å². The Balaban J connectivity index is 1.13. The van der Waals surface area contributed by atoms with E-state index in [9.17, 15) is 14.4 Å². The molecule has 0 radical (unpaired) electrons. The Kier molecular flexibility index (Phi) is 6.32. The molecule has 3 atom stereocenters. The molecule has 2 bridgehead atoms. The Morgan fingerprint density at radius 1 is 0.875 bits per heavy atom. The summed E-state index contributed by atoms with van der Waals surface area (Å²) < 4.78 is 0. The fourth-order valence-corrected chi connectivity index (χ4v) is 6.83. The van der Waals surface area contributed by atoms with Crippen molar-refractivity contribution in [1.29, 1.82) is 0 Å². The average molecular weight is 446 g/mol. The maximum atomic E-state index is 13.3. The molecule has 0 spiro atoms. The van der Waals surface area contributed by atoms with Gasteiger partial charge in [0.2, 0.25) is 11.8 Å². The number of carbonyl (C=O) groups excluding carboxylic acids is 3. The maximum absolute atomic E-state index is 13.3. The van der Waals surface area contributed by atoms with Crippen LogP contribution in [0, 0.1) is 17.8 Å². The number of fused-ring (bicyclic) bond motifs is 4. The number of likely N-dealkylation sites (N-methyl/N-ethyl adjacent to an activating group) is 1. The van der Waals surface area contributed by atoms with E-state index < -0.39 is 0 Å². The van der Waals surface area contributed by atoms with Gasteiger partial charge in [0.05, 0.1) is 0 Å². The molecule has 0 saturated carbocycles. The highest BCUT2D eigenvalue weighted by Gasteiger charge is 2.45. The number of amides is 4. The van der Waals surface area contributed by atoms with E-state index >= 15 is 0 Å². The second-order valence-corrected chi connectivity index (χ2v) is 10.6. The van der Waals surface area contributed by atoms with Gasteiger partial charge in [0, 0.05) is 77.3 Å². The zero-order valence-electron chi connectivity index (χ0n) is 19.6. The number of piperazine rings is 1. The number of nitrogens with zero attached hydrogens (tertiary/aromatic N) is 5. The van der Waals surface area contributed by atoms with Crippen molar-refractivity contribution in [3.8, 4) is 0 Å². The molecule has 5 aliphatic heterocycles. The lowest BCUT2D eigenvalue weighted by atomic mass is 9.76. The van der Waals surface area contributed by atoms with Crippen LogP contribution < -0.4 is 0 Å². The summed E-state index contributed by atoms with van der Waals surface area (Å²) in [6.45, 7) is 10.6. The Morgan fingerprint density at radius 3 is 2.34 bits per heavy atom. The van der Waals surface area contributed by atoms with Crippen LogP contribution in [0.3, 0.4) is 0 Å². The van der Waals surface area contributed by atoms with Gasteiger partial charge >= 0.3 is 6.03 Å². The lowest BCUT2D eigenvalue weighted by Gasteiger charge is -2.53. The number of rotatable bonds is 2. The topological polar surface area (TPSA) is 67.4 Å². The number of urea groups is 1. The largest absolute Gasteiger partial charge is 0.340 e. The van der Waals surface area contributed by atoms with E-state index in [1.165, 1.54) is 0 Å². The minimum absolute atomic E-state index is 0.0646. The molecule has 5 fully saturated rings. The van der Waals surface area contributed by atoms with E-state index in [4.69, 9.17) is 0 Å². The molecule has 8 heteroatoms. The SMILES string of the molecule is CCN1CCN(C(=O)C2CCN(C(=O)N3CC4CC(C3)[C@H]3CCCC(=O)N3C4)CC2)CC1. The van der Waals surface area contributed by atoms with E-state index in [0.29, 0.717) is 49.2 Å². The highest BCUT2D eigenvalue weighted by molar-refractivity contribution is 5.80. The predicted octanol–water partition coefficient (Wildman–Crippen LogP) is 1.32. The molecule has 5 heterocycles. The summed E-state index contributed by atoms with van der Waals surface area (Å²) in [5.74, 6) is 1.52. The molecule has 2 unspecified atom stereocenters. The van der Waals surface area contributed by atoms with Gasteiger partial charge in [-0.25, -0.2) is 4.79 Å². The molecule has 0 aromatic heterocycles. The molecule has 5 saturated heterocycles. The predicted molar refractivity (Wildman–Crippen MR) is 121 cm³/mol. The van der Waals surface area contributed by atoms with Gasteiger partial charge in [-0.05, 0) is 50.5 Å². The van der Waals surface area contributed by atoms with Crippen molar-refractivity contribution in [3.63, 3.8) is 0 Å². The van der Waals surface area contributed by atoms with Crippen molar-refractivity contribution in [3.05, 3.63) is 0 Å². The quantitative estimate of drug-likeness (QED) is 0.643. The highest BCUT2D eigenvalue weighted by atomic mass is 16.2. The second-order valence-electron chi connectivity index (χ2n) is 10.6. The van der Waals surface area contributed by atoms with Crippen LogP contribution in [-0.2, 0) is 9.59 Å². The first-order chi connectivity index (χ1) is 15.5. The first-order valence-electron chi connectivity index (χ1n) is 12.9. The summed E-state index contributed by atoms with van der Waals surface area (Å²) in [7, 11) is 0. The fraction of sp³-hybridized carbons (Fsp3) is 0.875. The summed E-state index contributed by atoms with van der Waals surface area (Å²) in [5, 5.41) is 0. The van der Waals surface area contributed by atoms with Crippen LogP contribution in [0.2, 0.25) is 0 Å². The van der Waals surface area contributed by atoms with Crippen molar-refractivity contribution in [2.45, 2.75) is 51.5 Å². The maximum Gasteiger partial charge on any atom is 0.320 e. The summed E-state index contributed by atoms with van der Waals surface area (Å²) in [6.07, 6.45) is 5.49. The molecular formula is C24H39N5O3. The first kappa shape index (κ1) is 22.0. The van der Waals surface area contributed by atoms with Crippen LogP contribution in [0.4, 0.5) is 4.79 Å². The van der Waals surface area contributed by atoms with Crippen LogP contribution in [0.25, 0.3) is 0 Å². The van der Waals surface area contributed by atoms with Gasteiger partial charge in [0.1, 0.15) is 0 Å². The lowest BCUT2D eigenvalue weighted by Crippen LogP contribution is -2.62. The third-order valence-electron chi connectivity index (χ3n) is 8.70. The number of likely N-dealkylation sites (tertiary alicyclic amines) is 2. The van der Waals surface area contributed by atoms with Crippen molar-refractivity contribution in [1.82, 2.24) is 24.5 Å². The van der Waals surface area contributed by atoms with Gasteiger partial charge in [-0.15, -0.1) is 0 Å². The molecule has 4 amide bonds. The normalized spacial score (nSPS) is 32.2. The standard InChI is InChI=1S/C24H39N5O3/c1-2-25-10-12-26(13-11-25)23(31)19-6-8-27(9-7-19)24(32)28-15-18-14-20(17-28)21-4-3-5-22(30)29(21)16-18/h18-21H,2-17H2,1H3/t18?,20?,21-/m1/s1. The van der Waals surface area contributed by atoms with Gasteiger partial charge in [0.25, 0.3) is 0 Å². The summed E-state index contributed by atoms with van der Waals surface area (Å²) in [6, 6.07) is 0.484. The molecule has 0 aliphatic carbocycles. The van der Waals surface area contributed by atoms with Crippen LogP contribution >= 0.6 is 0 Å². The Labute approximate surface area is 191 Å². The third-order valence-corrected chi connectivity index (χ3v) is 8.70. The Bertz CT molecular complexity index is 729.